The first kappa shape index (κ1) is 9.61. The number of thiocarbonyl (C=S) groups is 1. The SMILES string of the molecule is NCCNC(=S)NCCN. The van der Waals surface area contributed by atoms with Gasteiger partial charge >= 0.3 is 0 Å². The van der Waals surface area contributed by atoms with Crippen molar-refractivity contribution < 1.29 is 0 Å². The van der Waals surface area contributed by atoms with Gasteiger partial charge in [-0.1, -0.05) is 0 Å². The van der Waals surface area contributed by atoms with Gasteiger partial charge in [0.05, 0.1) is 0 Å². The molecule has 0 aromatic rings. The lowest BCUT2D eigenvalue weighted by molar-refractivity contribution is 0.813. The molecule has 0 unspecified atom stereocenters. The lowest BCUT2D eigenvalue weighted by Crippen LogP contribution is -2.39. The van der Waals surface area contributed by atoms with E-state index in [1.807, 2.05) is 0 Å². The quantitative estimate of drug-likeness (QED) is 0.373. The molecule has 0 fully saturated rings. The van der Waals surface area contributed by atoms with Gasteiger partial charge in [0.2, 0.25) is 0 Å². The van der Waals surface area contributed by atoms with Crippen molar-refractivity contribution in [1.82, 2.24) is 10.6 Å². The molecule has 0 rings (SSSR count). The van der Waals surface area contributed by atoms with Crippen molar-refractivity contribution in [2.75, 3.05) is 26.2 Å². The minimum Gasteiger partial charge on any atom is -0.361 e. The first-order chi connectivity index (χ1) is 4.81. The van der Waals surface area contributed by atoms with Gasteiger partial charge in [0.1, 0.15) is 0 Å². The van der Waals surface area contributed by atoms with Gasteiger partial charge in [0.25, 0.3) is 0 Å². The molecule has 0 aromatic carbocycles. The Kier molecular flexibility index (Phi) is 6.46. The van der Waals surface area contributed by atoms with Gasteiger partial charge in [-0.05, 0) is 12.2 Å². The molecule has 0 spiro atoms. The van der Waals surface area contributed by atoms with Crippen LogP contribution < -0.4 is 22.1 Å². The fraction of sp³-hybridized carbons (Fsp3) is 0.800. The Morgan fingerprint density at radius 2 is 1.50 bits per heavy atom. The second kappa shape index (κ2) is 6.73. The molecule has 4 nitrogen and oxygen atoms in total. The molecule has 0 aliphatic heterocycles. The summed E-state index contributed by atoms with van der Waals surface area (Å²) in [6.45, 7) is 2.59. The standard InChI is InChI=1S/C5H14N4S/c6-1-3-8-5(10)9-4-2-7/h1-4,6-7H2,(H2,8,9,10). The van der Waals surface area contributed by atoms with Crippen molar-refractivity contribution in [2.24, 2.45) is 11.5 Å². The predicted octanol–water partition coefficient (Wildman–Crippen LogP) is -1.63. The largest absolute Gasteiger partial charge is 0.361 e. The molecule has 0 saturated heterocycles. The Morgan fingerprint density at radius 3 is 1.80 bits per heavy atom. The van der Waals surface area contributed by atoms with Crippen LogP contribution >= 0.6 is 12.2 Å². The minimum absolute atomic E-state index is 0.588. The van der Waals surface area contributed by atoms with E-state index in [9.17, 15) is 0 Å². The van der Waals surface area contributed by atoms with Crippen LogP contribution in [-0.4, -0.2) is 31.3 Å². The maximum atomic E-state index is 5.23. The Balaban J connectivity index is 3.09. The average Bonchev–Trinajstić information content (AvgIpc) is 1.97. The summed E-state index contributed by atoms with van der Waals surface area (Å²) >= 11 is 4.85. The number of nitrogens with one attached hydrogen (secondary N) is 2. The molecule has 6 N–H and O–H groups in total. The summed E-state index contributed by atoms with van der Waals surface area (Å²) < 4.78 is 0. The number of nitrogens with two attached hydrogens (primary N) is 2. The summed E-state index contributed by atoms with van der Waals surface area (Å²) in [6, 6.07) is 0. The van der Waals surface area contributed by atoms with Crippen LogP contribution in [0.15, 0.2) is 0 Å². The monoisotopic (exact) mass is 162 g/mol. The van der Waals surface area contributed by atoms with Gasteiger partial charge in [-0.25, -0.2) is 0 Å². The van der Waals surface area contributed by atoms with Crippen LogP contribution in [0, 0.1) is 0 Å². The van der Waals surface area contributed by atoms with Crippen molar-refractivity contribution in [3.8, 4) is 0 Å². The highest BCUT2D eigenvalue weighted by atomic mass is 32.1. The third-order valence-corrected chi connectivity index (χ3v) is 1.15. The van der Waals surface area contributed by atoms with Gasteiger partial charge in [0.15, 0.2) is 5.11 Å². The molecule has 10 heavy (non-hydrogen) atoms. The molecular formula is C5H14N4S. The number of rotatable bonds is 4. The summed E-state index contributed by atoms with van der Waals surface area (Å²) in [5, 5.41) is 6.44. The molecule has 60 valence electrons. The van der Waals surface area contributed by atoms with Crippen molar-refractivity contribution in [3.05, 3.63) is 0 Å². The van der Waals surface area contributed by atoms with E-state index in [1.54, 1.807) is 0 Å². The lowest BCUT2D eigenvalue weighted by Gasteiger charge is -2.07. The summed E-state index contributed by atoms with van der Waals surface area (Å²) in [5.41, 5.74) is 10.5. The fourth-order valence-corrected chi connectivity index (χ4v) is 0.638. The normalized spacial score (nSPS) is 9.00. The zero-order valence-electron chi connectivity index (χ0n) is 5.89. The third kappa shape index (κ3) is 5.74. The van der Waals surface area contributed by atoms with Crippen LogP contribution in [0.4, 0.5) is 0 Å². The second-order valence-corrected chi connectivity index (χ2v) is 2.17. The molecule has 0 heterocycles. The minimum atomic E-state index is 0.588. The van der Waals surface area contributed by atoms with Gasteiger partial charge in [-0.3, -0.25) is 0 Å². The second-order valence-electron chi connectivity index (χ2n) is 1.76. The van der Waals surface area contributed by atoms with Gasteiger partial charge < -0.3 is 22.1 Å². The van der Waals surface area contributed by atoms with Crippen LogP contribution in [0.5, 0.6) is 0 Å². The van der Waals surface area contributed by atoms with Crippen molar-refractivity contribution in [2.45, 2.75) is 0 Å². The molecule has 0 amide bonds. The van der Waals surface area contributed by atoms with E-state index >= 15 is 0 Å². The van der Waals surface area contributed by atoms with Crippen LogP contribution in [0.25, 0.3) is 0 Å². The van der Waals surface area contributed by atoms with Crippen molar-refractivity contribution in [1.29, 1.82) is 0 Å². The van der Waals surface area contributed by atoms with Crippen LogP contribution in [0.2, 0.25) is 0 Å². The molecule has 0 aromatic heterocycles. The molecule has 0 aliphatic carbocycles. The summed E-state index contributed by atoms with van der Waals surface area (Å²) in [7, 11) is 0. The lowest BCUT2D eigenvalue weighted by atomic mass is 10.6. The third-order valence-electron chi connectivity index (χ3n) is 0.860. The molecule has 0 radical (unpaired) electrons. The number of hydrogen-bond acceptors (Lipinski definition) is 3. The fourth-order valence-electron chi connectivity index (χ4n) is 0.434. The van der Waals surface area contributed by atoms with E-state index in [4.69, 9.17) is 23.7 Å². The maximum absolute atomic E-state index is 5.23. The summed E-state index contributed by atoms with van der Waals surface area (Å²) in [6.07, 6.45) is 0. The molecule has 5 heteroatoms. The molecule has 0 aliphatic rings. The Morgan fingerprint density at radius 1 is 1.10 bits per heavy atom. The van der Waals surface area contributed by atoms with E-state index in [0.29, 0.717) is 31.3 Å². The van der Waals surface area contributed by atoms with E-state index in [1.165, 1.54) is 0 Å². The highest BCUT2D eigenvalue weighted by Crippen LogP contribution is 1.63. The van der Waals surface area contributed by atoms with Crippen LogP contribution in [0.1, 0.15) is 0 Å². The number of hydrogen-bond donors (Lipinski definition) is 4. The zero-order valence-corrected chi connectivity index (χ0v) is 6.71. The van der Waals surface area contributed by atoms with E-state index in [-0.39, 0.29) is 0 Å². The summed E-state index contributed by atoms with van der Waals surface area (Å²) in [4.78, 5) is 0. The van der Waals surface area contributed by atoms with E-state index in [0.717, 1.165) is 0 Å². The van der Waals surface area contributed by atoms with Crippen LogP contribution in [0.3, 0.4) is 0 Å². The van der Waals surface area contributed by atoms with Crippen molar-refractivity contribution in [3.63, 3.8) is 0 Å². The molecule has 0 saturated carbocycles. The Bertz CT molecular complexity index is 85.6. The molecule has 0 atom stereocenters. The van der Waals surface area contributed by atoms with E-state index < -0.39 is 0 Å². The molecule has 0 bridgehead atoms. The van der Waals surface area contributed by atoms with Gasteiger partial charge in [-0.15, -0.1) is 0 Å². The van der Waals surface area contributed by atoms with E-state index in [2.05, 4.69) is 10.6 Å². The summed E-state index contributed by atoms with van der Waals surface area (Å²) in [5.74, 6) is 0. The van der Waals surface area contributed by atoms with Gasteiger partial charge in [0, 0.05) is 26.2 Å². The highest BCUT2D eigenvalue weighted by molar-refractivity contribution is 7.80. The smallest absolute Gasteiger partial charge is 0.166 e. The predicted molar refractivity (Wildman–Crippen MR) is 46.7 cm³/mol. The average molecular weight is 162 g/mol. The zero-order chi connectivity index (χ0) is 7.82. The Hall–Kier alpha value is -0.390. The first-order valence-corrected chi connectivity index (χ1v) is 3.64. The van der Waals surface area contributed by atoms with Crippen LogP contribution in [-0.2, 0) is 0 Å². The maximum Gasteiger partial charge on any atom is 0.166 e. The first-order valence-electron chi connectivity index (χ1n) is 3.23. The topological polar surface area (TPSA) is 76.1 Å². The molecular weight excluding hydrogens is 148 g/mol. The highest BCUT2D eigenvalue weighted by Gasteiger charge is 1.89. The van der Waals surface area contributed by atoms with Gasteiger partial charge in [-0.2, -0.15) is 0 Å². The van der Waals surface area contributed by atoms with Crippen molar-refractivity contribution >= 4 is 17.3 Å². The Labute approximate surface area is 66.3 Å².